The van der Waals surface area contributed by atoms with E-state index in [4.69, 9.17) is 19.1 Å². The van der Waals surface area contributed by atoms with Crippen molar-refractivity contribution in [3.8, 4) is 0 Å². The van der Waals surface area contributed by atoms with Crippen molar-refractivity contribution in [3.63, 3.8) is 0 Å². The maximum Gasteiger partial charge on any atom is 0.472 e. The van der Waals surface area contributed by atoms with Crippen molar-refractivity contribution in [3.05, 3.63) is 60.8 Å². The van der Waals surface area contributed by atoms with Gasteiger partial charge in [0.05, 0.1) is 19.8 Å². The van der Waals surface area contributed by atoms with Gasteiger partial charge in [-0.25, -0.2) is 4.57 Å². The average molecular weight is 783 g/mol. The van der Waals surface area contributed by atoms with Gasteiger partial charge >= 0.3 is 19.8 Å². The van der Waals surface area contributed by atoms with Crippen LogP contribution in [-0.2, 0) is 32.7 Å². The second-order valence-corrected chi connectivity index (χ2v) is 15.1. The summed E-state index contributed by atoms with van der Waals surface area (Å²) >= 11 is 0. The van der Waals surface area contributed by atoms with Gasteiger partial charge in [-0.15, -0.1) is 0 Å². The van der Waals surface area contributed by atoms with E-state index in [1.54, 1.807) is 0 Å². The Bertz CT molecular complexity index is 1080. The summed E-state index contributed by atoms with van der Waals surface area (Å²) in [7, 11) is -4.63. The number of carbonyl (C=O) groups excluding carboxylic acids is 2. The minimum absolute atomic E-state index is 0.162. The van der Waals surface area contributed by atoms with Gasteiger partial charge in [-0.3, -0.25) is 18.6 Å². The second-order valence-electron chi connectivity index (χ2n) is 13.6. The number of phosphoric ester groups is 1. The zero-order valence-electron chi connectivity index (χ0n) is 33.7. The summed E-state index contributed by atoms with van der Waals surface area (Å²) < 4.78 is 32.6. The Morgan fingerprint density at radius 2 is 1.02 bits per heavy atom. The highest BCUT2D eigenvalue weighted by Crippen LogP contribution is 2.43. The third kappa shape index (κ3) is 38.0. The zero-order chi connectivity index (χ0) is 39.8. The molecule has 0 aliphatic carbocycles. The predicted molar refractivity (Wildman–Crippen MR) is 219 cm³/mol. The number of esters is 2. The van der Waals surface area contributed by atoms with E-state index in [0.717, 1.165) is 51.4 Å². The number of aliphatic hydroxyl groups is 2. The van der Waals surface area contributed by atoms with Crippen molar-refractivity contribution >= 4 is 19.8 Å². The number of aliphatic hydroxyl groups excluding tert-OH is 2. The lowest BCUT2D eigenvalue weighted by Crippen LogP contribution is -2.29. The van der Waals surface area contributed by atoms with E-state index < -0.39 is 51.8 Å². The van der Waals surface area contributed by atoms with Crippen LogP contribution in [0.25, 0.3) is 0 Å². The molecule has 11 heteroatoms. The smallest absolute Gasteiger partial charge is 0.462 e. The van der Waals surface area contributed by atoms with Gasteiger partial charge in [0.25, 0.3) is 0 Å². The fourth-order valence-corrected chi connectivity index (χ4v) is 6.05. The molecular formula is C43H75O10P. The number of hydrogen-bond acceptors (Lipinski definition) is 9. The van der Waals surface area contributed by atoms with Crippen LogP contribution in [0.2, 0.25) is 0 Å². The van der Waals surface area contributed by atoms with Gasteiger partial charge in [0.1, 0.15) is 12.7 Å². The molecule has 3 N–H and O–H groups in total. The highest BCUT2D eigenvalue weighted by atomic mass is 31.2. The maximum atomic E-state index is 12.6. The highest BCUT2D eigenvalue weighted by molar-refractivity contribution is 7.47. The van der Waals surface area contributed by atoms with Gasteiger partial charge in [0, 0.05) is 12.8 Å². The molecule has 10 nitrogen and oxygen atoms in total. The summed E-state index contributed by atoms with van der Waals surface area (Å²) in [5, 5.41) is 18.3. The molecule has 0 aromatic heterocycles. The molecular weight excluding hydrogens is 707 g/mol. The molecule has 0 aliphatic heterocycles. The van der Waals surface area contributed by atoms with Crippen LogP contribution in [-0.4, -0.2) is 65.7 Å². The Balaban J connectivity index is 4.42. The molecule has 0 saturated heterocycles. The Morgan fingerprint density at radius 3 is 1.52 bits per heavy atom. The number of rotatable bonds is 38. The van der Waals surface area contributed by atoms with Crippen molar-refractivity contribution in [2.45, 2.75) is 174 Å². The first-order chi connectivity index (χ1) is 26.2. The topological polar surface area (TPSA) is 149 Å². The molecule has 0 amide bonds. The molecule has 0 spiro atoms. The number of unbranched alkanes of at least 4 members (excludes halogenated alkanes) is 14. The summed E-state index contributed by atoms with van der Waals surface area (Å²) in [6.45, 7) is 2.19. The zero-order valence-corrected chi connectivity index (χ0v) is 34.6. The number of phosphoric acid groups is 1. The lowest BCUT2D eigenvalue weighted by Gasteiger charge is -2.20. The molecule has 0 aliphatic rings. The molecule has 0 fully saturated rings. The van der Waals surface area contributed by atoms with Gasteiger partial charge in [0.15, 0.2) is 6.10 Å². The molecule has 0 bridgehead atoms. The lowest BCUT2D eigenvalue weighted by molar-refractivity contribution is -0.161. The fraction of sp³-hybridized carbons (Fsp3) is 0.721. The molecule has 312 valence electrons. The molecule has 0 radical (unpaired) electrons. The summed E-state index contributed by atoms with van der Waals surface area (Å²) in [5.74, 6) is -0.994. The van der Waals surface area contributed by atoms with Crippen LogP contribution in [0.1, 0.15) is 162 Å². The van der Waals surface area contributed by atoms with Crippen LogP contribution < -0.4 is 0 Å². The standard InChI is InChI=1S/C43H75O10P/c1-3-5-7-9-11-13-15-17-19-20-21-23-24-26-28-30-32-34-42(46)50-38-41(39-52-54(48,49)51-37-40(45)36-44)53-43(47)35-33-31-29-27-25-22-18-16-14-12-10-8-6-4-2/h5,7,11,13,17,19,21,23,26,28,40-41,44-45H,3-4,6,8-10,12,14-16,18,20,22,24-25,27,29-39H2,1-2H3,(H,48,49)/b7-5+,13-11+,19-17+,23-21+,28-26+/t40-,41+/m0/s1. The third-order valence-corrected chi connectivity index (χ3v) is 9.39. The van der Waals surface area contributed by atoms with Crippen LogP contribution in [0, 0.1) is 0 Å². The lowest BCUT2D eigenvalue weighted by atomic mass is 10.0. The monoisotopic (exact) mass is 783 g/mol. The minimum atomic E-state index is -4.63. The SMILES string of the molecule is CC/C=C/C/C=C/C/C=C/C/C=C/C/C=C/CCCC(=O)OC[C@H](COP(=O)(O)OC[C@@H](O)CO)OC(=O)CCCCCCCCCCCCCCCC. The molecule has 3 atom stereocenters. The second kappa shape index (κ2) is 38.9. The number of hydrogen-bond donors (Lipinski definition) is 3. The van der Waals surface area contributed by atoms with Gasteiger partial charge in [-0.2, -0.15) is 0 Å². The van der Waals surface area contributed by atoms with Gasteiger partial charge < -0.3 is 24.6 Å². The fourth-order valence-electron chi connectivity index (χ4n) is 5.26. The van der Waals surface area contributed by atoms with Gasteiger partial charge in [-0.1, -0.05) is 158 Å². The largest absolute Gasteiger partial charge is 0.472 e. The van der Waals surface area contributed by atoms with Crippen LogP contribution in [0.4, 0.5) is 0 Å². The van der Waals surface area contributed by atoms with E-state index in [1.165, 1.54) is 64.2 Å². The average Bonchev–Trinajstić information content (AvgIpc) is 3.16. The van der Waals surface area contributed by atoms with Crippen molar-refractivity contribution in [2.24, 2.45) is 0 Å². The van der Waals surface area contributed by atoms with E-state index in [0.29, 0.717) is 19.3 Å². The van der Waals surface area contributed by atoms with Crippen molar-refractivity contribution < 1.29 is 47.8 Å². The maximum absolute atomic E-state index is 12.6. The molecule has 0 aromatic carbocycles. The first-order valence-corrected chi connectivity index (χ1v) is 22.2. The molecule has 0 rings (SSSR count). The normalized spacial score (nSPS) is 14.5. The predicted octanol–water partition coefficient (Wildman–Crippen LogP) is 10.7. The van der Waals surface area contributed by atoms with Crippen molar-refractivity contribution in [2.75, 3.05) is 26.4 Å². The van der Waals surface area contributed by atoms with Crippen LogP contribution in [0.15, 0.2) is 60.8 Å². The Kier molecular flexibility index (Phi) is 37.2. The molecule has 0 heterocycles. The Morgan fingerprint density at radius 1 is 0.574 bits per heavy atom. The van der Waals surface area contributed by atoms with Crippen LogP contribution in [0.5, 0.6) is 0 Å². The van der Waals surface area contributed by atoms with Crippen molar-refractivity contribution in [1.29, 1.82) is 0 Å². The first kappa shape index (κ1) is 51.7. The number of carbonyl (C=O) groups is 2. The quantitative estimate of drug-likeness (QED) is 0.0239. The number of ether oxygens (including phenoxy) is 2. The summed E-state index contributed by atoms with van der Waals surface area (Å²) in [4.78, 5) is 34.9. The van der Waals surface area contributed by atoms with E-state index in [2.05, 4.69) is 73.1 Å². The Labute approximate surface area is 327 Å². The van der Waals surface area contributed by atoms with Crippen molar-refractivity contribution in [1.82, 2.24) is 0 Å². The molecule has 1 unspecified atom stereocenters. The third-order valence-electron chi connectivity index (χ3n) is 8.44. The summed E-state index contributed by atoms with van der Waals surface area (Å²) in [6.07, 6.45) is 41.9. The van der Waals surface area contributed by atoms with Gasteiger partial charge in [0.2, 0.25) is 0 Å². The first-order valence-electron chi connectivity index (χ1n) is 20.7. The summed E-state index contributed by atoms with van der Waals surface area (Å²) in [6, 6.07) is 0. The number of allylic oxidation sites excluding steroid dienone is 10. The van der Waals surface area contributed by atoms with E-state index >= 15 is 0 Å². The minimum Gasteiger partial charge on any atom is -0.462 e. The van der Waals surface area contributed by atoms with E-state index in [9.17, 15) is 24.2 Å². The van der Waals surface area contributed by atoms with E-state index in [-0.39, 0.29) is 19.4 Å². The van der Waals surface area contributed by atoms with Crippen LogP contribution >= 0.6 is 7.82 Å². The molecule has 0 aromatic rings. The molecule has 0 saturated carbocycles. The Hall–Kier alpha value is -2.33. The highest BCUT2D eigenvalue weighted by Gasteiger charge is 2.27. The van der Waals surface area contributed by atoms with Gasteiger partial charge in [-0.05, 0) is 51.4 Å². The van der Waals surface area contributed by atoms with Crippen LogP contribution in [0.3, 0.4) is 0 Å². The molecule has 54 heavy (non-hydrogen) atoms. The summed E-state index contributed by atoms with van der Waals surface area (Å²) in [5.41, 5.74) is 0. The van der Waals surface area contributed by atoms with E-state index in [1.807, 2.05) is 6.08 Å².